The van der Waals surface area contributed by atoms with E-state index in [1.807, 2.05) is 24.3 Å². The molecule has 0 saturated heterocycles. The number of rotatable bonds is 7. The molecule has 3 N–H and O–H groups in total. The summed E-state index contributed by atoms with van der Waals surface area (Å²) in [6.45, 7) is 2.09. The molecule has 146 valence electrons. The number of halogens is 1. The summed E-state index contributed by atoms with van der Waals surface area (Å²) in [5.41, 5.74) is 8.27. The van der Waals surface area contributed by atoms with Gasteiger partial charge in [-0.1, -0.05) is 30.7 Å². The molecule has 0 aliphatic rings. The molecule has 0 amide bonds. The number of anilines is 3. The minimum atomic E-state index is 0.250. The normalized spacial score (nSPS) is 10.4. The molecule has 0 unspecified atom stereocenters. The maximum absolute atomic E-state index is 6.22. The van der Waals surface area contributed by atoms with E-state index in [0.717, 1.165) is 6.42 Å². The van der Waals surface area contributed by atoms with Gasteiger partial charge in [0.2, 0.25) is 5.88 Å². The van der Waals surface area contributed by atoms with Gasteiger partial charge in [0.25, 0.3) is 0 Å². The molecule has 0 spiro atoms. The van der Waals surface area contributed by atoms with E-state index in [1.165, 1.54) is 19.0 Å². The predicted octanol–water partition coefficient (Wildman–Crippen LogP) is 4.83. The van der Waals surface area contributed by atoms with Gasteiger partial charge in [-0.2, -0.15) is 4.98 Å². The molecule has 1 aromatic heterocycles. The first-order valence-corrected chi connectivity index (χ1v) is 8.99. The largest absolute Gasteiger partial charge is 0.495 e. The Labute approximate surface area is 168 Å². The summed E-state index contributed by atoms with van der Waals surface area (Å²) < 4.78 is 16.4. The summed E-state index contributed by atoms with van der Waals surface area (Å²) in [6, 6.07) is 11.1. The van der Waals surface area contributed by atoms with E-state index in [4.69, 9.17) is 31.5 Å². The molecule has 0 atom stereocenters. The molecule has 8 heteroatoms. The SMILES string of the molecule is CCc1ccc(Oc2ncnc(Nc3cc(Cl)c(OC)cc3OC)c2N)cc1. The van der Waals surface area contributed by atoms with Gasteiger partial charge in [0.05, 0.1) is 24.9 Å². The lowest BCUT2D eigenvalue weighted by molar-refractivity contribution is 0.396. The molecule has 0 fully saturated rings. The lowest BCUT2D eigenvalue weighted by Crippen LogP contribution is -2.04. The van der Waals surface area contributed by atoms with Gasteiger partial charge in [-0.05, 0) is 30.2 Å². The Morgan fingerprint density at radius 2 is 1.75 bits per heavy atom. The Kier molecular flexibility index (Phi) is 6.06. The van der Waals surface area contributed by atoms with Gasteiger partial charge >= 0.3 is 0 Å². The van der Waals surface area contributed by atoms with Crippen LogP contribution in [0.2, 0.25) is 5.02 Å². The van der Waals surface area contributed by atoms with Gasteiger partial charge in [-0.3, -0.25) is 0 Å². The van der Waals surface area contributed by atoms with Gasteiger partial charge in [0.1, 0.15) is 29.3 Å². The number of nitrogen functional groups attached to an aromatic ring is 1. The molecule has 3 aromatic rings. The fourth-order valence-electron chi connectivity index (χ4n) is 2.55. The number of aromatic nitrogens is 2. The molecule has 0 saturated carbocycles. The predicted molar refractivity (Wildman–Crippen MR) is 110 cm³/mol. The van der Waals surface area contributed by atoms with Crippen molar-refractivity contribution in [3.63, 3.8) is 0 Å². The molecule has 0 bridgehead atoms. The number of nitrogens with one attached hydrogen (secondary N) is 1. The average molecular weight is 401 g/mol. The quantitative estimate of drug-likeness (QED) is 0.586. The number of hydrogen-bond donors (Lipinski definition) is 2. The summed E-state index contributed by atoms with van der Waals surface area (Å²) in [5.74, 6) is 2.28. The van der Waals surface area contributed by atoms with E-state index in [0.29, 0.717) is 33.8 Å². The molecule has 0 aliphatic carbocycles. The third kappa shape index (κ3) is 4.20. The zero-order valence-corrected chi connectivity index (χ0v) is 16.6. The second-order valence-electron chi connectivity index (χ2n) is 5.85. The van der Waals surface area contributed by atoms with Gasteiger partial charge in [-0.25, -0.2) is 4.98 Å². The maximum Gasteiger partial charge on any atom is 0.248 e. The monoisotopic (exact) mass is 400 g/mol. The number of methoxy groups -OCH3 is 2. The Morgan fingerprint density at radius 1 is 1.04 bits per heavy atom. The number of nitrogens with zero attached hydrogens (tertiary/aromatic N) is 2. The average Bonchev–Trinajstić information content (AvgIpc) is 2.71. The topological polar surface area (TPSA) is 91.5 Å². The molecule has 1 heterocycles. The lowest BCUT2D eigenvalue weighted by Gasteiger charge is -2.15. The second kappa shape index (κ2) is 8.67. The minimum absolute atomic E-state index is 0.250. The minimum Gasteiger partial charge on any atom is -0.495 e. The number of aryl methyl sites for hydroxylation is 1. The smallest absolute Gasteiger partial charge is 0.248 e. The Balaban J connectivity index is 1.88. The highest BCUT2D eigenvalue weighted by atomic mass is 35.5. The van der Waals surface area contributed by atoms with Crippen molar-refractivity contribution in [1.82, 2.24) is 9.97 Å². The van der Waals surface area contributed by atoms with E-state index < -0.39 is 0 Å². The highest BCUT2D eigenvalue weighted by molar-refractivity contribution is 6.32. The van der Waals surface area contributed by atoms with Crippen LogP contribution in [-0.4, -0.2) is 24.2 Å². The van der Waals surface area contributed by atoms with E-state index >= 15 is 0 Å². The third-order valence-corrected chi connectivity index (χ3v) is 4.42. The van der Waals surface area contributed by atoms with E-state index in [-0.39, 0.29) is 11.6 Å². The van der Waals surface area contributed by atoms with E-state index in [9.17, 15) is 0 Å². The number of nitrogens with two attached hydrogens (primary N) is 1. The molecule has 7 nitrogen and oxygen atoms in total. The number of benzene rings is 2. The highest BCUT2D eigenvalue weighted by Crippen LogP contribution is 2.39. The molecule has 0 radical (unpaired) electrons. The summed E-state index contributed by atoms with van der Waals surface area (Å²) >= 11 is 6.22. The van der Waals surface area contributed by atoms with Crippen LogP contribution in [0, 0.1) is 0 Å². The van der Waals surface area contributed by atoms with Crippen LogP contribution < -0.4 is 25.3 Å². The van der Waals surface area contributed by atoms with Crippen LogP contribution in [0.25, 0.3) is 0 Å². The van der Waals surface area contributed by atoms with Crippen molar-refractivity contribution in [3.8, 4) is 23.1 Å². The fourth-order valence-corrected chi connectivity index (χ4v) is 2.79. The molecule has 2 aromatic carbocycles. The maximum atomic E-state index is 6.22. The zero-order chi connectivity index (χ0) is 20.1. The molecule has 0 aliphatic heterocycles. The number of ether oxygens (including phenoxy) is 3. The first-order chi connectivity index (χ1) is 13.5. The van der Waals surface area contributed by atoms with Crippen LogP contribution in [-0.2, 0) is 6.42 Å². The fraction of sp³-hybridized carbons (Fsp3) is 0.200. The summed E-state index contributed by atoms with van der Waals surface area (Å²) in [4.78, 5) is 8.32. The highest BCUT2D eigenvalue weighted by Gasteiger charge is 2.15. The Hall–Kier alpha value is -3.19. The van der Waals surface area contributed by atoms with E-state index in [2.05, 4.69) is 22.2 Å². The zero-order valence-electron chi connectivity index (χ0n) is 15.8. The summed E-state index contributed by atoms with van der Waals surface area (Å²) in [5, 5.41) is 3.53. The van der Waals surface area contributed by atoms with Crippen LogP contribution in [0.4, 0.5) is 17.2 Å². The molecular formula is C20H21ClN4O3. The van der Waals surface area contributed by atoms with Crippen molar-refractivity contribution in [2.24, 2.45) is 0 Å². The van der Waals surface area contributed by atoms with Crippen LogP contribution in [0.5, 0.6) is 23.1 Å². The van der Waals surface area contributed by atoms with Crippen LogP contribution in [0.3, 0.4) is 0 Å². The van der Waals surface area contributed by atoms with Crippen molar-refractivity contribution in [3.05, 3.63) is 53.3 Å². The van der Waals surface area contributed by atoms with Gasteiger partial charge in [0, 0.05) is 6.07 Å². The molecule has 3 rings (SSSR count). The first kappa shape index (κ1) is 19.6. The van der Waals surface area contributed by atoms with Gasteiger partial charge in [0.15, 0.2) is 5.82 Å². The summed E-state index contributed by atoms with van der Waals surface area (Å²) in [7, 11) is 3.08. The van der Waals surface area contributed by atoms with Crippen LogP contribution in [0.1, 0.15) is 12.5 Å². The van der Waals surface area contributed by atoms with Crippen molar-refractivity contribution < 1.29 is 14.2 Å². The number of hydrogen-bond acceptors (Lipinski definition) is 7. The van der Waals surface area contributed by atoms with E-state index in [1.54, 1.807) is 19.2 Å². The standard InChI is InChI=1S/C20H21ClN4O3/c1-4-12-5-7-13(8-6-12)28-20-18(22)19(23-11-24-20)25-15-9-14(21)16(26-2)10-17(15)27-3/h5-11H,4,22H2,1-3H3,(H,23,24,25). The van der Waals surface area contributed by atoms with Crippen molar-refractivity contribution in [2.45, 2.75) is 13.3 Å². The first-order valence-electron chi connectivity index (χ1n) is 8.61. The van der Waals surface area contributed by atoms with Crippen LogP contribution >= 0.6 is 11.6 Å². The lowest BCUT2D eigenvalue weighted by atomic mass is 10.2. The van der Waals surface area contributed by atoms with Gasteiger partial charge < -0.3 is 25.3 Å². The van der Waals surface area contributed by atoms with Crippen LogP contribution in [0.15, 0.2) is 42.7 Å². The van der Waals surface area contributed by atoms with Gasteiger partial charge in [-0.15, -0.1) is 0 Å². The Morgan fingerprint density at radius 3 is 2.39 bits per heavy atom. The Bertz CT molecular complexity index is 964. The molecule has 28 heavy (non-hydrogen) atoms. The molecular weight excluding hydrogens is 380 g/mol. The second-order valence-corrected chi connectivity index (χ2v) is 6.26. The van der Waals surface area contributed by atoms with Crippen molar-refractivity contribution in [2.75, 3.05) is 25.3 Å². The summed E-state index contributed by atoms with van der Waals surface area (Å²) in [6.07, 6.45) is 2.32. The third-order valence-electron chi connectivity index (χ3n) is 4.12. The van der Waals surface area contributed by atoms with Crippen molar-refractivity contribution >= 4 is 28.8 Å². The van der Waals surface area contributed by atoms with Crippen molar-refractivity contribution in [1.29, 1.82) is 0 Å².